The molecule has 90 valence electrons. The van der Waals surface area contributed by atoms with E-state index < -0.39 is 20.9 Å². The molecule has 3 nitrogen and oxygen atoms in total. The van der Waals surface area contributed by atoms with Crippen molar-refractivity contribution in [2.75, 3.05) is 0 Å². The molecule has 1 aromatic carbocycles. The van der Waals surface area contributed by atoms with Crippen LogP contribution in [0.3, 0.4) is 0 Å². The molecule has 16 heavy (non-hydrogen) atoms. The van der Waals surface area contributed by atoms with E-state index in [1.165, 1.54) is 18.2 Å². The minimum absolute atomic E-state index is 0.0708. The lowest BCUT2D eigenvalue weighted by Crippen LogP contribution is -2.16. The minimum atomic E-state index is -3.15. The Hall–Kier alpha value is -0.940. The number of nitrogens with two attached hydrogens (primary N) is 1. The fraction of sp³-hybridized carbons (Fsp3) is 0.455. The fourth-order valence-corrected chi connectivity index (χ4v) is 2.25. The van der Waals surface area contributed by atoms with Gasteiger partial charge >= 0.3 is 0 Å². The number of rotatable bonds is 4. The fourth-order valence-electron chi connectivity index (χ4n) is 1.27. The van der Waals surface area contributed by atoms with Gasteiger partial charge in [-0.05, 0) is 25.5 Å². The standard InChI is InChI=1S/C11H16FNO2S/c1-8(2)16(14,15)7-9-3-4-11(12)10(5-9)6-13/h3-5,8H,6-7,13H2,1-2H3. The summed E-state index contributed by atoms with van der Waals surface area (Å²) < 4.78 is 36.5. The predicted molar refractivity (Wildman–Crippen MR) is 62.1 cm³/mol. The Morgan fingerprint density at radius 3 is 2.50 bits per heavy atom. The Balaban J connectivity index is 2.99. The maximum atomic E-state index is 13.1. The lowest BCUT2D eigenvalue weighted by atomic mass is 10.1. The molecule has 0 heterocycles. The molecule has 0 radical (unpaired) electrons. The molecule has 0 aliphatic rings. The van der Waals surface area contributed by atoms with Gasteiger partial charge in [-0.3, -0.25) is 0 Å². The van der Waals surface area contributed by atoms with Crippen molar-refractivity contribution in [3.05, 3.63) is 35.1 Å². The largest absolute Gasteiger partial charge is 0.326 e. The summed E-state index contributed by atoms with van der Waals surface area (Å²) in [5, 5.41) is -0.432. The summed E-state index contributed by atoms with van der Waals surface area (Å²) in [4.78, 5) is 0. The van der Waals surface area contributed by atoms with Crippen LogP contribution in [0.25, 0.3) is 0 Å². The zero-order valence-corrected chi connectivity index (χ0v) is 10.2. The third kappa shape index (κ3) is 3.02. The highest BCUT2D eigenvalue weighted by Crippen LogP contribution is 2.15. The second-order valence-corrected chi connectivity index (χ2v) is 6.54. The smallest absolute Gasteiger partial charge is 0.156 e. The Bertz CT molecular complexity index is 469. The van der Waals surface area contributed by atoms with Gasteiger partial charge in [-0.1, -0.05) is 12.1 Å². The van der Waals surface area contributed by atoms with Crippen LogP contribution in [0.5, 0.6) is 0 Å². The van der Waals surface area contributed by atoms with Crippen molar-refractivity contribution in [2.24, 2.45) is 5.73 Å². The topological polar surface area (TPSA) is 60.2 Å². The van der Waals surface area contributed by atoms with Crippen molar-refractivity contribution >= 4 is 9.84 Å². The molecule has 2 N–H and O–H groups in total. The van der Waals surface area contributed by atoms with Crippen LogP contribution in [0, 0.1) is 5.82 Å². The second kappa shape index (κ2) is 4.93. The van der Waals surface area contributed by atoms with Crippen molar-refractivity contribution in [2.45, 2.75) is 31.4 Å². The van der Waals surface area contributed by atoms with Gasteiger partial charge in [0.1, 0.15) is 5.82 Å². The molecule has 0 saturated heterocycles. The van der Waals surface area contributed by atoms with E-state index in [0.717, 1.165) is 0 Å². The summed E-state index contributed by atoms with van der Waals surface area (Å²) in [6.07, 6.45) is 0. The Morgan fingerprint density at radius 2 is 2.00 bits per heavy atom. The molecule has 5 heteroatoms. The van der Waals surface area contributed by atoms with Crippen molar-refractivity contribution in [1.82, 2.24) is 0 Å². The molecule has 0 spiro atoms. The highest BCUT2D eigenvalue weighted by molar-refractivity contribution is 7.91. The summed E-state index contributed by atoms with van der Waals surface area (Å²) >= 11 is 0. The van der Waals surface area contributed by atoms with E-state index >= 15 is 0 Å². The van der Waals surface area contributed by atoms with Gasteiger partial charge in [-0.2, -0.15) is 0 Å². The molecular weight excluding hydrogens is 229 g/mol. The average molecular weight is 245 g/mol. The molecule has 0 fully saturated rings. The highest BCUT2D eigenvalue weighted by atomic mass is 32.2. The molecule has 0 bridgehead atoms. The summed E-state index contributed by atoms with van der Waals surface area (Å²) in [6.45, 7) is 3.33. The van der Waals surface area contributed by atoms with E-state index in [-0.39, 0.29) is 12.3 Å². The number of halogens is 1. The molecule has 0 aliphatic heterocycles. The van der Waals surface area contributed by atoms with E-state index in [2.05, 4.69) is 0 Å². The summed E-state index contributed by atoms with van der Waals surface area (Å²) in [5.74, 6) is -0.467. The number of hydrogen-bond acceptors (Lipinski definition) is 3. The van der Waals surface area contributed by atoms with Crippen molar-refractivity contribution < 1.29 is 12.8 Å². The molecule has 0 aromatic heterocycles. The first-order valence-electron chi connectivity index (χ1n) is 5.05. The molecule has 0 amide bonds. The quantitative estimate of drug-likeness (QED) is 0.876. The van der Waals surface area contributed by atoms with Gasteiger partial charge in [-0.15, -0.1) is 0 Å². The van der Waals surface area contributed by atoms with Gasteiger partial charge in [0, 0.05) is 12.1 Å². The van der Waals surface area contributed by atoms with Crippen molar-refractivity contribution in [3.8, 4) is 0 Å². The molecule has 0 atom stereocenters. The van der Waals surface area contributed by atoms with E-state index in [0.29, 0.717) is 11.1 Å². The monoisotopic (exact) mass is 245 g/mol. The van der Waals surface area contributed by atoms with Crippen molar-refractivity contribution in [3.63, 3.8) is 0 Å². The van der Waals surface area contributed by atoms with Gasteiger partial charge in [0.25, 0.3) is 0 Å². The first kappa shape index (κ1) is 13.1. The van der Waals surface area contributed by atoms with Crippen LogP contribution >= 0.6 is 0 Å². The third-order valence-corrected chi connectivity index (χ3v) is 4.59. The SMILES string of the molecule is CC(C)S(=O)(=O)Cc1ccc(F)c(CN)c1. The van der Waals surface area contributed by atoms with Gasteiger partial charge in [0.15, 0.2) is 9.84 Å². The zero-order chi connectivity index (χ0) is 12.3. The van der Waals surface area contributed by atoms with Crippen LogP contribution in [0.2, 0.25) is 0 Å². The lowest BCUT2D eigenvalue weighted by molar-refractivity contribution is 0.585. The number of benzene rings is 1. The second-order valence-electron chi connectivity index (χ2n) is 3.99. The predicted octanol–water partition coefficient (Wildman–Crippen LogP) is 1.61. The van der Waals surface area contributed by atoms with E-state index in [9.17, 15) is 12.8 Å². The first-order chi connectivity index (χ1) is 7.36. The van der Waals surface area contributed by atoms with Crippen LogP contribution in [0.15, 0.2) is 18.2 Å². The Labute approximate surface area is 95.4 Å². The van der Waals surface area contributed by atoms with Gasteiger partial charge in [0.05, 0.1) is 11.0 Å². The number of hydrogen-bond donors (Lipinski definition) is 1. The summed E-state index contributed by atoms with van der Waals surface area (Å²) in [5.41, 5.74) is 6.28. The van der Waals surface area contributed by atoms with Crippen LogP contribution in [0.4, 0.5) is 4.39 Å². The van der Waals surface area contributed by atoms with Crippen LogP contribution < -0.4 is 5.73 Å². The molecule has 1 rings (SSSR count). The highest BCUT2D eigenvalue weighted by Gasteiger charge is 2.17. The molecule has 1 aromatic rings. The molecule has 0 aliphatic carbocycles. The van der Waals surface area contributed by atoms with Gasteiger partial charge in [-0.25, -0.2) is 12.8 Å². The van der Waals surface area contributed by atoms with E-state index in [1.54, 1.807) is 13.8 Å². The third-order valence-electron chi connectivity index (χ3n) is 2.42. The van der Waals surface area contributed by atoms with E-state index in [1.807, 2.05) is 0 Å². The van der Waals surface area contributed by atoms with Crippen LogP contribution in [0.1, 0.15) is 25.0 Å². The van der Waals surface area contributed by atoms with Gasteiger partial charge < -0.3 is 5.73 Å². The Morgan fingerprint density at radius 1 is 1.38 bits per heavy atom. The molecule has 0 unspecified atom stereocenters. The molecular formula is C11H16FNO2S. The molecule has 0 saturated carbocycles. The van der Waals surface area contributed by atoms with Crippen molar-refractivity contribution in [1.29, 1.82) is 0 Å². The normalized spacial score (nSPS) is 12.1. The lowest BCUT2D eigenvalue weighted by Gasteiger charge is -2.09. The zero-order valence-electron chi connectivity index (χ0n) is 9.40. The van der Waals surface area contributed by atoms with Gasteiger partial charge in [0.2, 0.25) is 0 Å². The minimum Gasteiger partial charge on any atom is -0.326 e. The van der Waals surface area contributed by atoms with E-state index in [4.69, 9.17) is 5.73 Å². The number of sulfone groups is 1. The average Bonchev–Trinajstić information content (AvgIpc) is 2.20. The Kier molecular flexibility index (Phi) is 4.04. The summed E-state index contributed by atoms with van der Waals surface area (Å²) in [6, 6.07) is 4.25. The maximum absolute atomic E-state index is 13.1. The van der Waals surface area contributed by atoms with Crippen LogP contribution in [-0.4, -0.2) is 13.7 Å². The first-order valence-corrected chi connectivity index (χ1v) is 6.77. The maximum Gasteiger partial charge on any atom is 0.156 e. The van der Waals surface area contributed by atoms with Crippen LogP contribution in [-0.2, 0) is 22.1 Å². The summed E-state index contributed by atoms with van der Waals surface area (Å²) in [7, 11) is -3.15.